The molecule has 0 aliphatic heterocycles. The predicted octanol–water partition coefficient (Wildman–Crippen LogP) is 1.67. The van der Waals surface area contributed by atoms with Gasteiger partial charge in [0.2, 0.25) is 5.75 Å². The summed E-state index contributed by atoms with van der Waals surface area (Å²) in [4.78, 5) is 39.6. The Kier molecular flexibility index (Phi) is 6.10. The number of carbonyl (C=O) groups excluding carboxylic acids is 1. The van der Waals surface area contributed by atoms with Crippen LogP contribution in [0.25, 0.3) is 10.9 Å². The molecular formula is C21H23N3O6. The predicted molar refractivity (Wildman–Crippen MR) is 112 cm³/mol. The van der Waals surface area contributed by atoms with Crippen molar-refractivity contribution in [3.8, 4) is 17.2 Å². The second-order valence-electron chi connectivity index (χ2n) is 6.46. The molecule has 3 rings (SSSR count). The third-order valence-electron chi connectivity index (χ3n) is 4.74. The van der Waals surface area contributed by atoms with Crippen LogP contribution in [0.1, 0.15) is 22.8 Å². The molecule has 0 fully saturated rings. The molecule has 1 aromatic heterocycles. The van der Waals surface area contributed by atoms with Gasteiger partial charge in [0.05, 0.1) is 32.2 Å². The molecule has 2 aromatic carbocycles. The summed E-state index contributed by atoms with van der Waals surface area (Å²) in [5, 5.41) is 3.15. The molecule has 0 atom stereocenters. The van der Waals surface area contributed by atoms with Gasteiger partial charge in [-0.15, -0.1) is 0 Å². The van der Waals surface area contributed by atoms with Crippen molar-refractivity contribution < 1.29 is 19.0 Å². The summed E-state index contributed by atoms with van der Waals surface area (Å²) in [6.07, 6.45) is 0. The summed E-state index contributed by atoms with van der Waals surface area (Å²) < 4.78 is 17.0. The van der Waals surface area contributed by atoms with Crippen molar-refractivity contribution in [2.24, 2.45) is 0 Å². The number of aromatic amines is 1. The molecule has 0 saturated carbocycles. The molecule has 0 aliphatic carbocycles. The lowest BCUT2D eigenvalue weighted by molar-refractivity contribution is 0.0951. The number of amides is 1. The number of carbonyl (C=O) groups is 1. The lowest BCUT2D eigenvalue weighted by atomic mass is 10.1. The maximum absolute atomic E-state index is 12.6. The average molecular weight is 413 g/mol. The fraction of sp³-hybridized carbons (Fsp3) is 0.286. The third kappa shape index (κ3) is 3.86. The molecule has 1 amide bonds. The summed E-state index contributed by atoms with van der Waals surface area (Å²) in [7, 11) is 4.55. The van der Waals surface area contributed by atoms with Gasteiger partial charge in [0.25, 0.3) is 11.5 Å². The van der Waals surface area contributed by atoms with Gasteiger partial charge in [-0.05, 0) is 42.8 Å². The Bertz CT molecular complexity index is 1190. The topological polar surface area (TPSA) is 112 Å². The molecule has 0 spiro atoms. The van der Waals surface area contributed by atoms with Crippen LogP contribution in [-0.4, -0.2) is 36.8 Å². The molecule has 9 heteroatoms. The molecule has 0 bridgehead atoms. The van der Waals surface area contributed by atoms with Gasteiger partial charge >= 0.3 is 5.69 Å². The smallest absolute Gasteiger partial charge is 0.328 e. The highest BCUT2D eigenvalue weighted by Crippen LogP contribution is 2.38. The van der Waals surface area contributed by atoms with E-state index in [1.54, 1.807) is 25.1 Å². The molecule has 1 heterocycles. The van der Waals surface area contributed by atoms with E-state index in [9.17, 15) is 14.4 Å². The van der Waals surface area contributed by atoms with Crippen molar-refractivity contribution in [3.63, 3.8) is 0 Å². The number of hydrogen-bond acceptors (Lipinski definition) is 6. The summed E-state index contributed by atoms with van der Waals surface area (Å²) >= 11 is 0. The number of hydrogen-bond donors (Lipinski definition) is 2. The van der Waals surface area contributed by atoms with Crippen LogP contribution in [0.15, 0.2) is 39.9 Å². The Labute approximate surface area is 172 Å². The molecule has 0 saturated heterocycles. The van der Waals surface area contributed by atoms with E-state index in [2.05, 4.69) is 10.3 Å². The summed E-state index contributed by atoms with van der Waals surface area (Å²) in [5.41, 5.74) is 0.484. The van der Waals surface area contributed by atoms with Gasteiger partial charge in [-0.25, -0.2) is 4.79 Å². The van der Waals surface area contributed by atoms with Crippen molar-refractivity contribution in [2.45, 2.75) is 20.0 Å². The van der Waals surface area contributed by atoms with E-state index < -0.39 is 5.69 Å². The number of benzene rings is 2. The van der Waals surface area contributed by atoms with Crippen LogP contribution in [0.4, 0.5) is 0 Å². The number of aromatic nitrogens is 2. The van der Waals surface area contributed by atoms with Crippen molar-refractivity contribution in [2.75, 3.05) is 21.3 Å². The molecule has 9 nitrogen and oxygen atoms in total. The Morgan fingerprint density at radius 3 is 2.27 bits per heavy atom. The zero-order valence-corrected chi connectivity index (χ0v) is 17.2. The Morgan fingerprint density at radius 2 is 1.70 bits per heavy atom. The van der Waals surface area contributed by atoms with E-state index in [1.165, 1.54) is 33.5 Å². The minimum Gasteiger partial charge on any atom is -0.493 e. The zero-order chi connectivity index (χ0) is 21.8. The van der Waals surface area contributed by atoms with Gasteiger partial charge in [-0.3, -0.25) is 14.2 Å². The fourth-order valence-corrected chi connectivity index (χ4v) is 3.20. The van der Waals surface area contributed by atoms with Gasteiger partial charge in [-0.1, -0.05) is 0 Å². The first kappa shape index (κ1) is 21.0. The zero-order valence-electron chi connectivity index (χ0n) is 17.2. The van der Waals surface area contributed by atoms with Crippen LogP contribution >= 0.6 is 0 Å². The molecule has 158 valence electrons. The monoisotopic (exact) mass is 413 g/mol. The van der Waals surface area contributed by atoms with Gasteiger partial charge < -0.3 is 24.5 Å². The van der Waals surface area contributed by atoms with E-state index in [-0.39, 0.29) is 24.6 Å². The van der Waals surface area contributed by atoms with E-state index in [0.29, 0.717) is 33.7 Å². The lowest BCUT2D eigenvalue weighted by Gasteiger charge is -2.14. The Hall–Kier alpha value is -3.75. The summed E-state index contributed by atoms with van der Waals surface area (Å²) in [6, 6.07) is 8.06. The number of nitrogens with zero attached hydrogens (tertiary/aromatic N) is 1. The SMILES string of the molecule is CCn1c(=O)[nH]c2cc(C(=O)NCc3cc(OC)c(OC)c(OC)c3)ccc2c1=O. The minimum atomic E-state index is -0.509. The molecule has 3 aromatic rings. The van der Waals surface area contributed by atoms with Crippen molar-refractivity contribution in [3.05, 3.63) is 62.3 Å². The van der Waals surface area contributed by atoms with Crippen molar-refractivity contribution in [1.29, 1.82) is 0 Å². The summed E-state index contributed by atoms with van der Waals surface area (Å²) in [5.74, 6) is 1.07. The van der Waals surface area contributed by atoms with Crippen molar-refractivity contribution >= 4 is 16.8 Å². The number of nitrogens with one attached hydrogen (secondary N) is 2. The van der Waals surface area contributed by atoms with Crippen LogP contribution < -0.4 is 30.8 Å². The Morgan fingerprint density at radius 1 is 1.03 bits per heavy atom. The molecular weight excluding hydrogens is 390 g/mol. The number of ether oxygens (including phenoxy) is 3. The van der Waals surface area contributed by atoms with E-state index in [0.717, 1.165) is 10.1 Å². The van der Waals surface area contributed by atoms with E-state index in [4.69, 9.17) is 14.2 Å². The first-order valence-electron chi connectivity index (χ1n) is 9.27. The molecule has 0 radical (unpaired) electrons. The first-order valence-corrected chi connectivity index (χ1v) is 9.27. The number of H-pyrrole nitrogens is 1. The third-order valence-corrected chi connectivity index (χ3v) is 4.74. The van der Waals surface area contributed by atoms with Gasteiger partial charge in [0.1, 0.15) is 0 Å². The number of fused-ring (bicyclic) bond motifs is 1. The highest BCUT2D eigenvalue weighted by molar-refractivity contribution is 5.97. The van der Waals surface area contributed by atoms with Gasteiger partial charge in [0.15, 0.2) is 11.5 Å². The molecule has 2 N–H and O–H groups in total. The second-order valence-corrected chi connectivity index (χ2v) is 6.46. The van der Waals surface area contributed by atoms with E-state index >= 15 is 0 Å². The van der Waals surface area contributed by atoms with Crippen LogP contribution in [0, 0.1) is 0 Å². The van der Waals surface area contributed by atoms with Crippen LogP contribution in [-0.2, 0) is 13.1 Å². The van der Waals surface area contributed by atoms with Gasteiger partial charge in [0, 0.05) is 18.7 Å². The molecule has 0 unspecified atom stereocenters. The van der Waals surface area contributed by atoms with Gasteiger partial charge in [-0.2, -0.15) is 0 Å². The highest BCUT2D eigenvalue weighted by Gasteiger charge is 2.15. The summed E-state index contributed by atoms with van der Waals surface area (Å²) in [6.45, 7) is 2.19. The lowest BCUT2D eigenvalue weighted by Crippen LogP contribution is -2.34. The molecule has 0 aliphatic rings. The number of methoxy groups -OCH3 is 3. The largest absolute Gasteiger partial charge is 0.493 e. The minimum absolute atomic E-state index is 0.210. The average Bonchev–Trinajstić information content (AvgIpc) is 2.76. The normalized spacial score (nSPS) is 10.7. The fourth-order valence-electron chi connectivity index (χ4n) is 3.20. The second kappa shape index (κ2) is 8.73. The van der Waals surface area contributed by atoms with Crippen molar-refractivity contribution in [1.82, 2.24) is 14.9 Å². The first-order chi connectivity index (χ1) is 14.4. The number of rotatable bonds is 7. The standard InChI is InChI=1S/C21H23N3O6/c1-5-24-20(26)14-7-6-13(10-15(14)23-21(24)27)19(25)22-11-12-8-16(28-2)18(30-4)17(9-12)29-3/h6-10H,5,11H2,1-4H3,(H,22,25)(H,23,27). The van der Waals surface area contributed by atoms with E-state index in [1.807, 2.05) is 0 Å². The quantitative estimate of drug-likeness (QED) is 0.609. The van der Waals surface area contributed by atoms with Crippen LogP contribution in [0.3, 0.4) is 0 Å². The van der Waals surface area contributed by atoms with Crippen LogP contribution in [0.5, 0.6) is 17.2 Å². The molecule has 30 heavy (non-hydrogen) atoms. The highest BCUT2D eigenvalue weighted by atomic mass is 16.5. The van der Waals surface area contributed by atoms with Crippen LogP contribution in [0.2, 0.25) is 0 Å². The maximum atomic E-state index is 12.6. The maximum Gasteiger partial charge on any atom is 0.328 e. The Balaban J connectivity index is 1.85.